The highest BCUT2D eigenvalue weighted by atomic mass is 19.4. The van der Waals surface area contributed by atoms with Gasteiger partial charge >= 0.3 is 6.18 Å². The fraction of sp³-hybridized carbons (Fsp3) is 0.333. The number of aromatic nitrogens is 2. The molecule has 0 saturated carbocycles. The predicted octanol–water partition coefficient (Wildman–Crippen LogP) is 2.80. The first-order chi connectivity index (χ1) is 12.6. The number of benzene rings is 1. The summed E-state index contributed by atoms with van der Waals surface area (Å²) in [6.07, 6.45) is -4.92. The van der Waals surface area contributed by atoms with Gasteiger partial charge in [0.05, 0.1) is 0 Å². The van der Waals surface area contributed by atoms with E-state index in [4.69, 9.17) is 0 Å². The van der Waals surface area contributed by atoms with Crippen LogP contribution in [-0.2, 0) is 22.2 Å². The second-order valence-corrected chi connectivity index (χ2v) is 6.00. The smallest absolute Gasteiger partial charge is 0.355 e. The van der Waals surface area contributed by atoms with E-state index in [0.29, 0.717) is 5.69 Å². The zero-order valence-electron chi connectivity index (χ0n) is 14.9. The van der Waals surface area contributed by atoms with Crippen LogP contribution in [0.5, 0.6) is 0 Å². The Morgan fingerprint density at radius 1 is 1.04 bits per heavy atom. The summed E-state index contributed by atoms with van der Waals surface area (Å²) in [5, 5.41) is 5.06. The summed E-state index contributed by atoms with van der Waals surface area (Å²) in [7, 11) is 0. The molecule has 0 aliphatic rings. The average molecular weight is 380 g/mol. The standard InChI is InChI=1S/C18H19F3N4O2/c1-11-3-5-13(6-4-11)24-17(27)10-16(26)22-8-7-15-23-12(2)9-14(25-15)18(19,20)21/h3-6,9H,7-8,10H2,1-2H3,(H,22,26)(H,24,27). The third kappa shape index (κ3) is 6.69. The van der Waals surface area contributed by atoms with Crippen molar-refractivity contribution in [2.75, 3.05) is 11.9 Å². The number of carbonyl (C=O) groups is 2. The summed E-state index contributed by atoms with van der Waals surface area (Å²) in [5.74, 6) is -1.04. The number of rotatable bonds is 6. The first-order valence-electron chi connectivity index (χ1n) is 8.18. The Morgan fingerprint density at radius 2 is 1.70 bits per heavy atom. The molecule has 9 heteroatoms. The monoisotopic (exact) mass is 380 g/mol. The summed E-state index contributed by atoms with van der Waals surface area (Å²) >= 11 is 0. The molecule has 0 aliphatic carbocycles. The average Bonchev–Trinajstić information content (AvgIpc) is 2.55. The second kappa shape index (κ2) is 8.61. The Kier molecular flexibility index (Phi) is 6.49. The van der Waals surface area contributed by atoms with Crippen molar-refractivity contribution >= 4 is 17.5 Å². The van der Waals surface area contributed by atoms with Crippen LogP contribution in [-0.4, -0.2) is 28.3 Å². The van der Waals surface area contributed by atoms with E-state index >= 15 is 0 Å². The number of carbonyl (C=O) groups excluding carboxylic acids is 2. The topological polar surface area (TPSA) is 84.0 Å². The van der Waals surface area contributed by atoms with Crippen molar-refractivity contribution in [3.8, 4) is 0 Å². The van der Waals surface area contributed by atoms with E-state index in [1.54, 1.807) is 12.1 Å². The first kappa shape index (κ1) is 20.3. The van der Waals surface area contributed by atoms with E-state index in [9.17, 15) is 22.8 Å². The maximum absolute atomic E-state index is 12.7. The van der Waals surface area contributed by atoms with Gasteiger partial charge in [-0.1, -0.05) is 17.7 Å². The number of halogens is 3. The van der Waals surface area contributed by atoms with E-state index in [1.807, 2.05) is 19.1 Å². The number of hydrogen-bond donors (Lipinski definition) is 2. The molecule has 2 rings (SSSR count). The van der Waals surface area contributed by atoms with Gasteiger partial charge in [-0.25, -0.2) is 9.97 Å². The lowest BCUT2D eigenvalue weighted by molar-refractivity contribution is -0.141. The highest BCUT2D eigenvalue weighted by Gasteiger charge is 2.33. The lowest BCUT2D eigenvalue weighted by Gasteiger charge is -2.09. The molecule has 1 heterocycles. The number of nitrogens with one attached hydrogen (secondary N) is 2. The molecule has 1 aromatic carbocycles. The van der Waals surface area contributed by atoms with Crippen LogP contribution >= 0.6 is 0 Å². The van der Waals surface area contributed by atoms with Crippen molar-refractivity contribution < 1.29 is 22.8 Å². The number of nitrogens with zero attached hydrogens (tertiary/aromatic N) is 2. The quantitative estimate of drug-likeness (QED) is 0.755. The number of hydrogen-bond acceptors (Lipinski definition) is 4. The second-order valence-electron chi connectivity index (χ2n) is 6.00. The molecule has 2 aromatic rings. The minimum Gasteiger partial charge on any atom is -0.355 e. The molecule has 0 unspecified atom stereocenters. The van der Waals surface area contributed by atoms with Crippen LogP contribution in [0.3, 0.4) is 0 Å². The summed E-state index contributed by atoms with van der Waals surface area (Å²) in [4.78, 5) is 31.0. The summed E-state index contributed by atoms with van der Waals surface area (Å²) in [6.45, 7) is 3.38. The minimum absolute atomic E-state index is 0.0215. The van der Waals surface area contributed by atoms with Gasteiger partial charge < -0.3 is 10.6 Å². The Bertz CT molecular complexity index is 820. The maximum atomic E-state index is 12.7. The zero-order valence-corrected chi connectivity index (χ0v) is 14.9. The van der Waals surface area contributed by atoms with Gasteiger partial charge in [-0.3, -0.25) is 9.59 Å². The lowest BCUT2D eigenvalue weighted by Crippen LogP contribution is -2.30. The Hall–Kier alpha value is -2.97. The van der Waals surface area contributed by atoms with Gasteiger partial charge in [0.2, 0.25) is 11.8 Å². The van der Waals surface area contributed by atoms with Crippen molar-refractivity contribution in [1.82, 2.24) is 15.3 Å². The molecule has 0 radical (unpaired) electrons. The van der Waals surface area contributed by atoms with Crippen molar-refractivity contribution in [2.45, 2.75) is 32.9 Å². The predicted molar refractivity (Wildman–Crippen MR) is 92.9 cm³/mol. The Morgan fingerprint density at radius 3 is 2.33 bits per heavy atom. The van der Waals surface area contributed by atoms with E-state index in [1.165, 1.54) is 6.92 Å². The van der Waals surface area contributed by atoms with Gasteiger partial charge in [-0.2, -0.15) is 13.2 Å². The maximum Gasteiger partial charge on any atom is 0.433 e. The van der Waals surface area contributed by atoms with Gasteiger partial charge in [0.15, 0.2) is 0 Å². The zero-order chi connectivity index (χ0) is 20.0. The molecule has 1 aromatic heterocycles. The highest BCUT2D eigenvalue weighted by molar-refractivity contribution is 6.03. The fourth-order valence-corrected chi connectivity index (χ4v) is 2.25. The van der Waals surface area contributed by atoms with Gasteiger partial charge in [0.1, 0.15) is 17.9 Å². The number of aryl methyl sites for hydroxylation is 2. The largest absolute Gasteiger partial charge is 0.433 e. The van der Waals surface area contributed by atoms with Crippen molar-refractivity contribution in [3.05, 3.63) is 53.1 Å². The van der Waals surface area contributed by atoms with Crippen LogP contribution in [0.25, 0.3) is 0 Å². The van der Waals surface area contributed by atoms with Gasteiger partial charge in [-0.05, 0) is 32.0 Å². The van der Waals surface area contributed by atoms with E-state index in [0.717, 1.165) is 11.6 Å². The van der Waals surface area contributed by atoms with Crippen molar-refractivity contribution in [2.24, 2.45) is 0 Å². The van der Waals surface area contributed by atoms with Gasteiger partial charge in [-0.15, -0.1) is 0 Å². The summed E-state index contributed by atoms with van der Waals surface area (Å²) < 4.78 is 38.2. The molecule has 0 fully saturated rings. The molecular formula is C18H19F3N4O2. The summed E-state index contributed by atoms with van der Waals surface area (Å²) in [5.41, 5.74) is 0.786. The molecule has 2 amide bonds. The number of anilines is 1. The van der Waals surface area contributed by atoms with Crippen LogP contribution in [0.4, 0.5) is 18.9 Å². The highest BCUT2D eigenvalue weighted by Crippen LogP contribution is 2.27. The molecule has 144 valence electrons. The normalized spacial score (nSPS) is 11.1. The molecule has 0 bridgehead atoms. The van der Waals surface area contributed by atoms with Crippen LogP contribution in [0.15, 0.2) is 30.3 Å². The third-order valence-corrected chi connectivity index (χ3v) is 3.52. The first-order valence-corrected chi connectivity index (χ1v) is 8.18. The Balaban J connectivity index is 1.81. The van der Waals surface area contributed by atoms with Crippen LogP contribution in [0.1, 0.15) is 29.2 Å². The minimum atomic E-state index is -4.56. The fourth-order valence-electron chi connectivity index (χ4n) is 2.25. The molecule has 2 N–H and O–H groups in total. The molecule has 0 atom stereocenters. The third-order valence-electron chi connectivity index (χ3n) is 3.52. The van der Waals surface area contributed by atoms with Crippen molar-refractivity contribution in [1.29, 1.82) is 0 Å². The number of amides is 2. The van der Waals surface area contributed by atoms with Gasteiger partial charge in [0.25, 0.3) is 0 Å². The molecule has 6 nitrogen and oxygen atoms in total. The van der Waals surface area contributed by atoms with E-state index < -0.39 is 30.1 Å². The van der Waals surface area contributed by atoms with Crippen LogP contribution < -0.4 is 10.6 Å². The lowest BCUT2D eigenvalue weighted by atomic mass is 10.2. The molecule has 0 saturated heterocycles. The molecule has 27 heavy (non-hydrogen) atoms. The number of alkyl halides is 3. The van der Waals surface area contributed by atoms with Crippen molar-refractivity contribution in [3.63, 3.8) is 0 Å². The van der Waals surface area contributed by atoms with E-state index in [-0.39, 0.29) is 24.5 Å². The van der Waals surface area contributed by atoms with Crippen LogP contribution in [0.2, 0.25) is 0 Å². The Labute approximate surface area is 154 Å². The molecular weight excluding hydrogens is 361 g/mol. The van der Waals surface area contributed by atoms with E-state index in [2.05, 4.69) is 20.6 Å². The van der Waals surface area contributed by atoms with Gasteiger partial charge in [0, 0.05) is 24.3 Å². The van der Waals surface area contributed by atoms with Crippen LogP contribution in [0, 0.1) is 13.8 Å². The molecule has 0 spiro atoms. The SMILES string of the molecule is Cc1ccc(NC(=O)CC(=O)NCCc2nc(C)cc(C(F)(F)F)n2)cc1. The molecule has 0 aliphatic heterocycles. The summed E-state index contributed by atoms with van der Waals surface area (Å²) in [6, 6.07) is 7.95.